The van der Waals surface area contributed by atoms with Crippen LogP contribution in [0.15, 0.2) is 11.6 Å². The molecule has 7 fully saturated rings. The van der Waals surface area contributed by atoms with E-state index in [1.807, 2.05) is 6.92 Å². The standard InChI is InChI=1S/C41H64O13/c1-20-36(46)29(42)16-34(49-20)53-38-22(3)51-35(18-31(38)44)54-37-21(2)50-33(17-30(37)43)52-25-8-11-39(4)24(15-25)6-7-28-27(39)9-12-40(5)26(10-13-41(28,40)47)23-14-32(45)48-19-23/h14,20-22,24-31,33-38,42-44,46-47H,6-13,15-19H2,1-5H3/t20-,21+,22-,24+,25-,26+,27-,28+,29-,30+,31-,33-,34+,35+,36+,37-,38-,39-,40+,41-/m0/s1. The van der Waals surface area contributed by atoms with Gasteiger partial charge in [-0.1, -0.05) is 13.8 Å². The summed E-state index contributed by atoms with van der Waals surface area (Å²) in [6, 6.07) is 0. The number of hydrogen-bond donors (Lipinski definition) is 5. The second-order valence-corrected chi connectivity index (χ2v) is 18.7. The first-order valence-corrected chi connectivity index (χ1v) is 20.8. The largest absolute Gasteiger partial charge is 0.458 e. The minimum Gasteiger partial charge on any atom is -0.458 e. The molecule has 4 aliphatic carbocycles. The molecule has 20 atom stereocenters. The van der Waals surface area contributed by atoms with Crippen molar-refractivity contribution in [3.8, 4) is 0 Å². The smallest absolute Gasteiger partial charge is 0.331 e. The summed E-state index contributed by atoms with van der Waals surface area (Å²) in [7, 11) is 0. The predicted molar refractivity (Wildman–Crippen MR) is 191 cm³/mol. The Kier molecular flexibility index (Phi) is 10.9. The van der Waals surface area contributed by atoms with Crippen molar-refractivity contribution in [1.82, 2.24) is 0 Å². The first-order valence-electron chi connectivity index (χ1n) is 20.8. The monoisotopic (exact) mass is 764 g/mol. The van der Waals surface area contributed by atoms with Crippen molar-refractivity contribution < 1.29 is 63.5 Å². The van der Waals surface area contributed by atoms with Gasteiger partial charge in [-0.05, 0) is 113 Å². The summed E-state index contributed by atoms with van der Waals surface area (Å²) in [5.41, 5.74) is 0.215. The van der Waals surface area contributed by atoms with E-state index in [-0.39, 0.29) is 54.0 Å². The fraction of sp³-hybridized carbons (Fsp3) is 0.927. The van der Waals surface area contributed by atoms with Crippen molar-refractivity contribution >= 4 is 5.97 Å². The van der Waals surface area contributed by atoms with Crippen molar-refractivity contribution in [2.45, 2.75) is 197 Å². The number of hydrogen-bond acceptors (Lipinski definition) is 13. The molecule has 0 unspecified atom stereocenters. The molecule has 0 bridgehead atoms. The molecule has 0 aromatic carbocycles. The van der Waals surface area contributed by atoms with Crippen LogP contribution in [-0.4, -0.2) is 124 Å². The van der Waals surface area contributed by atoms with Crippen LogP contribution in [0, 0.1) is 34.5 Å². The van der Waals surface area contributed by atoms with Crippen molar-refractivity contribution in [2.24, 2.45) is 34.5 Å². The molecule has 0 radical (unpaired) electrons. The average Bonchev–Trinajstić information content (AvgIpc) is 3.66. The van der Waals surface area contributed by atoms with Gasteiger partial charge in [0.05, 0.1) is 48.3 Å². The van der Waals surface area contributed by atoms with Gasteiger partial charge >= 0.3 is 5.97 Å². The van der Waals surface area contributed by atoms with E-state index in [1.165, 1.54) is 0 Å². The third-order valence-corrected chi connectivity index (χ3v) is 15.9. The highest BCUT2D eigenvalue weighted by molar-refractivity contribution is 5.85. The van der Waals surface area contributed by atoms with Gasteiger partial charge in [-0.3, -0.25) is 0 Å². The zero-order valence-electron chi connectivity index (χ0n) is 32.6. The van der Waals surface area contributed by atoms with Gasteiger partial charge in [-0.2, -0.15) is 0 Å². The van der Waals surface area contributed by atoms with Gasteiger partial charge in [0.2, 0.25) is 0 Å². The second kappa shape index (κ2) is 14.9. The Morgan fingerprint density at radius 3 is 1.89 bits per heavy atom. The molecule has 3 saturated heterocycles. The van der Waals surface area contributed by atoms with Crippen molar-refractivity contribution in [2.75, 3.05) is 6.61 Å². The van der Waals surface area contributed by atoms with E-state index in [1.54, 1.807) is 19.9 Å². The Morgan fingerprint density at radius 2 is 1.30 bits per heavy atom. The summed E-state index contributed by atoms with van der Waals surface area (Å²) >= 11 is 0. The molecule has 4 saturated carbocycles. The fourth-order valence-corrected chi connectivity index (χ4v) is 12.8. The number of rotatable bonds is 7. The Bertz CT molecular complexity index is 1370. The van der Waals surface area contributed by atoms with Crippen LogP contribution in [0.3, 0.4) is 0 Å². The van der Waals surface area contributed by atoms with E-state index in [0.717, 1.165) is 63.4 Å². The summed E-state index contributed by atoms with van der Waals surface area (Å²) in [6.45, 7) is 10.4. The van der Waals surface area contributed by atoms with Gasteiger partial charge in [-0.15, -0.1) is 0 Å². The van der Waals surface area contributed by atoms with Crippen molar-refractivity contribution in [3.05, 3.63) is 11.6 Å². The normalized spacial score (nSPS) is 55.0. The summed E-state index contributed by atoms with van der Waals surface area (Å²) in [6.07, 6.45) is 1.90. The Labute approximate surface area is 319 Å². The highest BCUT2D eigenvalue weighted by Crippen LogP contribution is 2.70. The van der Waals surface area contributed by atoms with E-state index in [0.29, 0.717) is 18.4 Å². The van der Waals surface area contributed by atoms with E-state index in [9.17, 15) is 30.3 Å². The maximum Gasteiger partial charge on any atom is 0.331 e. The lowest BCUT2D eigenvalue weighted by Gasteiger charge is -2.64. The molecule has 0 aromatic rings. The first kappa shape index (κ1) is 39.6. The third-order valence-electron chi connectivity index (χ3n) is 15.9. The topological polar surface area (TPSA) is 183 Å². The Balaban J connectivity index is 0.826. The third kappa shape index (κ3) is 6.82. The average molecular weight is 765 g/mol. The minimum absolute atomic E-state index is 0.0243. The summed E-state index contributed by atoms with van der Waals surface area (Å²) in [5, 5.41) is 55.0. The fourth-order valence-electron chi connectivity index (χ4n) is 12.8. The lowest BCUT2D eigenvalue weighted by molar-refractivity contribution is -0.336. The van der Waals surface area contributed by atoms with Gasteiger partial charge in [-0.25, -0.2) is 4.79 Å². The number of cyclic esters (lactones) is 1. The van der Waals surface area contributed by atoms with E-state index in [2.05, 4.69) is 13.8 Å². The van der Waals surface area contributed by atoms with Crippen LogP contribution < -0.4 is 0 Å². The molecule has 13 heteroatoms. The van der Waals surface area contributed by atoms with Gasteiger partial charge in [0.15, 0.2) is 18.9 Å². The van der Waals surface area contributed by atoms with E-state index < -0.39 is 79.4 Å². The summed E-state index contributed by atoms with van der Waals surface area (Å²) < 4.78 is 42.2. The molecule has 4 aliphatic heterocycles. The molecular formula is C41H64O13. The molecular weight excluding hydrogens is 700 g/mol. The zero-order chi connectivity index (χ0) is 38.3. The maximum absolute atomic E-state index is 12.6. The zero-order valence-corrected chi connectivity index (χ0v) is 32.6. The highest BCUT2D eigenvalue weighted by Gasteiger charge is 2.68. The number of carbonyl (C=O) groups excluding carboxylic acids is 1. The summed E-state index contributed by atoms with van der Waals surface area (Å²) in [4.78, 5) is 11.9. The van der Waals surface area contributed by atoms with E-state index in [4.69, 9.17) is 33.2 Å². The molecule has 8 aliphatic rings. The quantitative estimate of drug-likeness (QED) is 0.188. The van der Waals surface area contributed by atoms with Crippen molar-refractivity contribution in [3.63, 3.8) is 0 Å². The van der Waals surface area contributed by atoms with Crippen molar-refractivity contribution in [1.29, 1.82) is 0 Å². The van der Waals surface area contributed by atoms with Crippen LogP contribution in [0.4, 0.5) is 0 Å². The molecule has 54 heavy (non-hydrogen) atoms. The van der Waals surface area contributed by atoms with Crippen LogP contribution in [0.2, 0.25) is 0 Å². The number of fused-ring (bicyclic) bond motifs is 5. The number of aliphatic hydroxyl groups is 5. The van der Waals surface area contributed by atoms with E-state index >= 15 is 0 Å². The van der Waals surface area contributed by atoms with Gasteiger partial charge in [0.25, 0.3) is 0 Å². The lowest BCUT2D eigenvalue weighted by Crippen LogP contribution is -2.62. The molecule has 13 nitrogen and oxygen atoms in total. The second-order valence-electron chi connectivity index (χ2n) is 18.7. The molecule has 0 spiro atoms. The molecule has 306 valence electrons. The van der Waals surface area contributed by atoms with Crippen LogP contribution >= 0.6 is 0 Å². The van der Waals surface area contributed by atoms with Gasteiger partial charge < -0.3 is 58.7 Å². The predicted octanol–water partition coefficient (Wildman–Crippen LogP) is 3.25. The number of aliphatic hydroxyl groups excluding tert-OH is 4. The van der Waals surface area contributed by atoms with Crippen LogP contribution in [0.25, 0.3) is 0 Å². The lowest BCUT2D eigenvalue weighted by atomic mass is 9.43. The van der Waals surface area contributed by atoms with Crippen LogP contribution in [0.5, 0.6) is 0 Å². The molecule has 4 heterocycles. The first-order chi connectivity index (χ1) is 25.6. The van der Waals surface area contributed by atoms with Crippen LogP contribution in [0.1, 0.15) is 112 Å². The SMILES string of the molecule is C[C@@H]1O[C@H](O[C@H]2[C@H](C)O[C@H](O[C@@H]3[C@H](O)C[C@H](O[C@H]4CC[C@@]5(C)[C@H](CC[C@@H]6[C@@H]5CC[C@]5(C)[C@@H](C7=CC(=O)OC7)CC[C@]65O)C4)O[C@@H]3C)C[C@@H]2O)C[C@H](O)[C@@H]1O. The molecule has 0 amide bonds. The number of carbonyl (C=O) groups is 1. The Morgan fingerprint density at radius 1 is 0.685 bits per heavy atom. The number of ether oxygens (including phenoxy) is 7. The number of esters is 1. The maximum atomic E-state index is 12.6. The molecule has 8 rings (SSSR count). The Hall–Kier alpha value is -1.23. The molecule has 5 N–H and O–H groups in total. The van der Waals surface area contributed by atoms with Crippen LogP contribution in [-0.2, 0) is 38.0 Å². The van der Waals surface area contributed by atoms with Gasteiger partial charge in [0.1, 0.15) is 24.9 Å². The van der Waals surface area contributed by atoms with Gasteiger partial charge in [0, 0.05) is 30.8 Å². The summed E-state index contributed by atoms with van der Waals surface area (Å²) in [5.74, 6) is 1.13. The molecule has 0 aromatic heterocycles. The minimum atomic E-state index is -0.996. The highest BCUT2D eigenvalue weighted by atomic mass is 16.7.